The maximum atomic E-state index is 12.5. The van der Waals surface area contributed by atoms with Crippen molar-refractivity contribution in [3.63, 3.8) is 0 Å². The van der Waals surface area contributed by atoms with Gasteiger partial charge in [-0.2, -0.15) is 4.31 Å². The Kier molecular flexibility index (Phi) is 4.55. The Hall–Kier alpha value is -0.480. The van der Waals surface area contributed by atoms with Crippen molar-refractivity contribution >= 4 is 31.2 Å². The monoisotopic (exact) mass is 338 g/mol. The van der Waals surface area contributed by atoms with Crippen LogP contribution in [0.25, 0.3) is 0 Å². The summed E-state index contributed by atoms with van der Waals surface area (Å²) >= 11 is 1.37. The van der Waals surface area contributed by atoms with E-state index in [1.54, 1.807) is 18.5 Å². The first-order valence-corrected chi connectivity index (χ1v) is 10.3. The smallest absolute Gasteiger partial charge is 0.243 e. The Labute approximate surface area is 123 Å². The van der Waals surface area contributed by atoms with Crippen LogP contribution in [-0.2, 0) is 26.4 Å². The van der Waals surface area contributed by atoms with E-state index in [1.165, 1.54) is 22.7 Å². The molecule has 1 aliphatic heterocycles. The third-order valence-corrected chi connectivity index (χ3v) is 8.10. The molecule has 9 heteroatoms. The van der Waals surface area contributed by atoms with Crippen LogP contribution in [0.2, 0.25) is 0 Å². The number of hydrogen-bond donors (Lipinski definition) is 1. The highest BCUT2D eigenvalue weighted by Gasteiger charge is 2.36. The Balaban J connectivity index is 2.21. The van der Waals surface area contributed by atoms with E-state index >= 15 is 0 Å². The summed E-state index contributed by atoms with van der Waals surface area (Å²) in [4.78, 5) is 1.16. The summed E-state index contributed by atoms with van der Waals surface area (Å²) in [5.41, 5.74) is 0. The van der Waals surface area contributed by atoms with E-state index in [0.29, 0.717) is 13.0 Å². The molecule has 0 saturated carbocycles. The highest BCUT2D eigenvalue weighted by molar-refractivity contribution is 7.92. The second-order valence-electron chi connectivity index (χ2n) is 4.86. The molecular weight excluding hydrogens is 320 g/mol. The van der Waals surface area contributed by atoms with E-state index in [1.807, 2.05) is 0 Å². The van der Waals surface area contributed by atoms with Crippen molar-refractivity contribution in [2.75, 3.05) is 25.6 Å². The average Bonchev–Trinajstić information content (AvgIpc) is 2.95. The maximum Gasteiger partial charge on any atom is 0.243 e. The average molecular weight is 338 g/mol. The van der Waals surface area contributed by atoms with Crippen molar-refractivity contribution < 1.29 is 16.8 Å². The van der Waals surface area contributed by atoms with Crippen LogP contribution in [0.15, 0.2) is 16.3 Å². The fourth-order valence-electron chi connectivity index (χ4n) is 2.19. The van der Waals surface area contributed by atoms with Crippen molar-refractivity contribution in [1.29, 1.82) is 0 Å². The van der Waals surface area contributed by atoms with E-state index < -0.39 is 25.9 Å². The van der Waals surface area contributed by atoms with Gasteiger partial charge in [0, 0.05) is 29.9 Å². The molecule has 0 aromatic carbocycles. The summed E-state index contributed by atoms with van der Waals surface area (Å²) in [6.07, 6.45) is 0.367. The topological polar surface area (TPSA) is 83.6 Å². The first-order chi connectivity index (χ1) is 9.26. The van der Waals surface area contributed by atoms with Gasteiger partial charge in [-0.3, -0.25) is 0 Å². The first-order valence-electron chi connectivity index (χ1n) is 6.17. The number of sulfone groups is 1. The van der Waals surface area contributed by atoms with Gasteiger partial charge < -0.3 is 5.32 Å². The molecule has 6 nitrogen and oxygen atoms in total. The molecule has 1 aromatic rings. The molecule has 0 bridgehead atoms. The Morgan fingerprint density at radius 1 is 1.50 bits per heavy atom. The van der Waals surface area contributed by atoms with Gasteiger partial charge in [0.2, 0.25) is 10.0 Å². The first kappa shape index (κ1) is 15.9. The van der Waals surface area contributed by atoms with Gasteiger partial charge in [0.1, 0.15) is 0 Å². The van der Waals surface area contributed by atoms with Crippen molar-refractivity contribution in [2.24, 2.45) is 0 Å². The summed E-state index contributed by atoms with van der Waals surface area (Å²) in [5, 5.41) is 4.57. The minimum atomic E-state index is -3.62. The third-order valence-electron chi connectivity index (χ3n) is 3.38. The molecule has 1 saturated heterocycles. The Morgan fingerprint density at radius 3 is 2.75 bits per heavy atom. The fraction of sp³-hybridized carbons (Fsp3) is 0.636. The van der Waals surface area contributed by atoms with Crippen LogP contribution in [0, 0.1) is 0 Å². The molecular formula is C11H18N2O4S3. The summed E-state index contributed by atoms with van der Waals surface area (Å²) < 4.78 is 49.1. The van der Waals surface area contributed by atoms with Gasteiger partial charge in [-0.1, -0.05) is 0 Å². The van der Waals surface area contributed by atoms with Crippen LogP contribution in [-0.4, -0.2) is 52.8 Å². The quantitative estimate of drug-likeness (QED) is 0.833. The number of nitrogens with zero attached hydrogens (tertiary/aromatic N) is 1. The minimum absolute atomic E-state index is 0.0617. The Bertz CT molecular complexity index is 678. The van der Waals surface area contributed by atoms with Crippen LogP contribution in [0.1, 0.15) is 11.3 Å². The van der Waals surface area contributed by atoms with Crippen molar-refractivity contribution in [2.45, 2.75) is 23.9 Å². The molecule has 20 heavy (non-hydrogen) atoms. The number of thiophene rings is 1. The molecule has 1 aliphatic rings. The SMILES string of the molecule is CNCc1cc(S(=O)(=O)N(C)C2CCS(=O)(=O)C2)cs1. The van der Waals surface area contributed by atoms with Gasteiger partial charge in [0.25, 0.3) is 0 Å². The number of sulfonamides is 1. The van der Waals surface area contributed by atoms with Crippen molar-refractivity contribution in [3.8, 4) is 0 Å². The molecule has 0 aliphatic carbocycles. The summed E-state index contributed by atoms with van der Waals surface area (Å²) in [7, 11) is -3.47. The molecule has 1 aromatic heterocycles. The predicted octanol–water partition coefficient (Wildman–Crippen LogP) is 0.275. The van der Waals surface area contributed by atoms with Crippen molar-refractivity contribution in [3.05, 3.63) is 16.3 Å². The molecule has 0 radical (unpaired) electrons. The van der Waals surface area contributed by atoms with E-state index in [4.69, 9.17) is 0 Å². The zero-order valence-electron chi connectivity index (χ0n) is 11.4. The third kappa shape index (κ3) is 3.22. The predicted molar refractivity (Wildman–Crippen MR) is 79.1 cm³/mol. The van der Waals surface area contributed by atoms with E-state index in [0.717, 1.165) is 4.88 Å². The van der Waals surface area contributed by atoms with Crippen LogP contribution in [0.3, 0.4) is 0 Å². The summed E-state index contributed by atoms with van der Waals surface area (Å²) in [6, 6.07) is 1.17. The van der Waals surface area contributed by atoms with Gasteiger partial charge >= 0.3 is 0 Å². The highest BCUT2D eigenvalue weighted by atomic mass is 32.2. The molecule has 2 rings (SSSR count). The largest absolute Gasteiger partial charge is 0.315 e. The van der Waals surface area contributed by atoms with Crippen LogP contribution in [0.4, 0.5) is 0 Å². The highest BCUT2D eigenvalue weighted by Crippen LogP contribution is 2.26. The standard InChI is InChI=1S/C11H18N2O4S3/c1-12-6-10-5-11(7-18-10)20(16,17)13(2)9-3-4-19(14,15)8-9/h5,7,9,12H,3-4,6,8H2,1-2H3. The normalized spacial score (nSPS) is 22.4. The van der Waals surface area contributed by atoms with E-state index in [2.05, 4.69) is 5.32 Å². The molecule has 1 atom stereocenters. The number of nitrogens with one attached hydrogen (secondary N) is 1. The number of hydrogen-bond acceptors (Lipinski definition) is 6. The van der Waals surface area contributed by atoms with Crippen molar-refractivity contribution in [1.82, 2.24) is 9.62 Å². The van der Waals surface area contributed by atoms with Gasteiger partial charge in [-0.15, -0.1) is 11.3 Å². The lowest BCUT2D eigenvalue weighted by Crippen LogP contribution is -2.37. The zero-order valence-corrected chi connectivity index (χ0v) is 13.8. The second kappa shape index (κ2) is 5.72. The fourth-order valence-corrected chi connectivity index (χ4v) is 6.72. The molecule has 1 fully saturated rings. The number of rotatable bonds is 5. The summed E-state index contributed by atoms with van der Waals surface area (Å²) in [6.45, 7) is 0.613. The Morgan fingerprint density at radius 2 is 2.20 bits per heavy atom. The molecule has 2 heterocycles. The lowest BCUT2D eigenvalue weighted by Gasteiger charge is -2.22. The van der Waals surface area contributed by atoms with Crippen LogP contribution in [0.5, 0.6) is 0 Å². The lowest BCUT2D eigenvalue weighted by molar-refractivity contribution is 0.394. The molecule has 0 spiro atoms. The van der Waals surface area contributed by atoms with Crippen LogP contribution < -0.4 is 5.32 Å². The minimum Gasteiger partial charge on any atom is -0.315 e. The molecule has 1 N–H and O–H groups in total. The van der Waals surface area contributed by atoms with Gasteiger partial charge in [-0.05, 0) is 19.5 Å². The molecule has 114 valence electrons. The molecule has 0 amide bonds. The van der Waals surface area contributed by atoms with E-state index in [9.17, 15) is 16.8 Å². The van der Waals surface area contributed by atoms with Gasteiger partial charge in [-0.25, -0.2) is 16.8 Å². The van der Waals surface area contributed by atoms with Crippen LogP contribution >= 0.6 is 11.3 Å². The van der Waals surface area contributed by atoms with E-state index in [-0.39, 0.29) is 16.4 Å². The summed E-state index contributed by atoms with van der Waals surface area (Å²) in [5.74, 6) is -0.0254. The lowest BCUT2D eigenvalue weighted by atomic mass is 10.3. The maximum absolute atomic E-state index is 12.5. The van der Waals surface area contributed by atoms with Gasteiger partial charge in [0.05, 0.1) is 16.4 Å². The second-order valence-corrected chi connectivity index (χ2v) is 10.1. The zero-order chi connectivity index (χ0) is 15.0. The van der Waals surface area contributed by atoms with Gasteiger partial charge in [0.15, 0.2) is 9.84 Å². The molecule has 1 unspecified atom stereocenters.